The summed E-state index contributed by atoms with van der Waals surface area (Å²) < 4.78 is 13.7. The molecule has 0 radical (unpaired) electrons. The van der Waals surface area contributed by atoms with Crippen molar-refractivity contribution in [1.82, 2.24) is 0 Å². The summed E-state index contributed by atoms with van der Waals surface area (Å²) in [4.78, 5) is 0. The smallest absolute Gasteiger partial charge is 0.412 e. The molecular weight excluding hydrogens is 239 g/mol. The average molecular weight is 254 g/mol. The van der Waals surface area contributed by atoms with E-state index in [-0.39, 0.29) is 35.0 Å². The molecule has 3 N–H and O–H groups in total. The first-order chi connectivity index (χ1) is 5.06. The maximum Gasteiger partial charge on any atom is 1.00 e. The van der Waals surface area contributed by atoms with Gasteiger partial charge in [0, 0.05) is 22.4 Å². The van der Waals surface area contributed by atoms with Crippen molar-refractivity contribution in [3.05, 3.63) is 6.92 Å². The molecule has 0 rings (SSSR count). The molecule has 0 bridgehead atoms. The average Bonchev–Trinajstić information content (AvgIpc) is 1.85. The van der Waals surface area contributed by atoms with Crippen LogP contribution in [-0.4, -0.2) is 16.6 Å². The Morgan fingerprint density at radius 3 is 2.15 bits per heavy atom. The van der Waals surface area contributed by atoms with E-state index in [0.717, 1.165) is 25.7 Å². The van der Waals surface area contributed by atoms with Gasteiger partial charge in [0.2, 0.25) is 0 Å². The molecule has 0 saturated heterocycles. The van der Waals surface area contributed by atoms with Gasteiger partial charge in [-0.25, -0.2) is 0 Å². The van der Waals surface area contributed by atoms with Crippen LogP contribution in [0.1, 0.15) is 25.7 Å². The van der Waals surface area contributed by atoms with Gasteiger partial charge < -0.3 is 17.0 Å². The summed E-state index contributed by atoms with van der Waals surface area (Å²) in [5, 5.41) is 0. The summed E-state index contributed by atoms with van der Waals surface area (Å²) >= 11 is 8.96. The first-order valence-electron chi connectivity index (χ1n) is 3.47. The Kier molecular flexibility index (Phi) is 18.2. The van der Waals surface area contributed by atoms with Crippen LogP contribution >= 0.6 is 0 Å². The summed E-state index contributed by atoms with van der Waals surface area (Å²) in [6.45, 7) is 4.18. The van der Waals surface area contributed by atoms with Gasteiger partial charge in [-0.05, 0) is 6.42 Å². The molecule has 0 spiro atoms. The number of unbranched alkanes of at least 4 members (excludes halogenated alkanes) is 3. The first-order valence-corrected chi connectivity index (χ1v) is 6.84. The van der Waals surface area contributed by atoms with E-state index in [9.17, 15) is 0 Å². The van der Waals surface area contributed by atoms with Crippen molar-refractivity contribution in [2.75, 3.05) is 6.61 Å². The molecule has 0 aliphatic rings. The molecule has 0 amide bonds. The molecule has 7 heteroatoms. The molecule has 0 aliphatic heterocycles. The summed E-state index contributed by atoms with van der Waals surface area (Å²) in [6.07, 6.45) is 3.99. The fraction of sp³-hybridized carbons (Fsp3) is 0.833. The van der Waals surface area contributed by atoms with Crippen LogP contribution in [0.4, 0.5) is 0 Å². The van der Waals surface area contributed by atoms with Crippen molar-refractivity contribution in [1.29, 1.82) is 0 Å². The quantitative estimate of drug-likeness (QED) is 0.340. The maximum atomic E-state index is 8.85. The van der Waals surface area contributed by atoms with Crippen LogP contribution in [0.15, 0.2) is 0 Å². The van der Waals surface area contributed by atoms with Crippen LogP contribution in [0.3, 0.4) is 0 Å². The summed E-state index contributed by atoms with van der Waals surface area (Å²) in [5.41, 5.74) is 0. The minimum absolute atomic E-state index is 0. The van der Waals surface area contributed by atoms with Gasteiger partial charge in [0.1, 0.15) is 7.71 Å². The molecule has 0 unspecified atom stereocenters. The Bertz CT molecular complexity index is 182. The van der Waals surface area contributed by atoms with Crippen molar-refractivity contribution in [3.63, 3.8) is 0 Å². The van der Waals surface area contributed by atoms with Crippen molar-refractivity contribution in [2.24, 2.45) is 0 Å². The minimum atomic E-state index is -2.56. The van der Waals surface area contributed by atoms with Crippen LogP contribution in [0.25, 0.3) is 0 Å². The predicted molar refractivity (Wildman–Crippen MR) is 58.1 cm³/mol. The van der Waals surface area contributed by atoms with Gasteiger partial charge in [-0.1, -0.05) is 12.8 Å². The van der Waals surface area contributed by atoms with Crippen LogP contribution in [0.2, 0.25) is 0 Å². The van der Waals surface area contributed by atoms with Crippen molar-refractivity contribution < 1.29 is 43.8 Å². The minimum Gasteiger partial charge on any atom is -0.412 e. The zero-order chi connectivity index (χ0) is 8.74. The Morgan fingerprint density at radius 1 is 1.23 bits per heavy atom. The maximum absolute atomic E-state index is 8.85. The second kappa shape index (κ2) is 11.7. The van der Waals surface area contributed by atoms with Gasteiger partial charge in [-0.15, -0.1) is 0 Å². The van der Waals surface area contributed by atoms with Gasteiger partial charge in [-0.3, -0.25) is 4.18 Å². The van der Waals surface area contributed by atoms with Gasteiger partial charge >= 0.3 is 29.6 Å². The topological polar surface area (TPSA) is 61.0 Å². The molecule has 3 nitrogen and oxygen atoms in total. The number of hydrogen-bond donors (Lipinski definition) is 1. The predicted octanol–water partition coefficient (Wildman–Crippen LogP) is -1.96. The largest absolute Gasteiger partial charge is 1.00 e. The van der Waals surface area contributed by atoms with Crippen LogP contribution in [0, 0.1) is 6.92 Å². The van der Waals surface area contributed by atoms with E-state index in [2.05, 4.69) is 29.3 Å². The molecule has 0 aliphatic carbocycles. The Morgan fingerprint density at radius 2 is 1.77 bits per heavy atom. The van der Waals surface area contributed by atoms with E-state index < -0.39 is 7.71 Å². The Hall–Kier alpha value is 1.67. The van der Waals surface area contributed by atoms with Gasteiger partial charge in [0.25, 0.3) is 0 Å². The molecule has 0 saturated carbocycles. The van der Waals surface area contributed by atoms with Crippen molar-refractivity contribution in [3.8, 4) is 0 Å². The Balaban J connectivity index is -0.000000500. The van der Waals surface area contributed by atoms with E-state index in [1.165, 1.54) is 0 Å². The van der Waals surface area contributed by atoms with Gasteiger partial charge in [0.15, 0.2) is 0 Å². The molecule has 0 fully saturated rings. The number of hydrogen-bond acceptors (Lipinski definition) is 3. The fourth-order valence-electron chi connectivity index (χ4n) is 0.620. The third kappa shape index (κ3) is 19.9. The molecule has 76 valence electrons. The summed E-state index contributed by atoms with van der Waals surface area (Å²) in [6, 6.07) is 0. The standard InChI is InChI=1S/C6H13O2S3.Na.H2O/c1-2-3-4-5-6-8-11(7,9)10;;/h1-6H2,(H,7,9,10);;1H2/q-1;+1;. The molecular formula is C6H15NaO3S3. The normalized spacial score (nSPS) is 10.0. The third-order valence-corrected chi connectivity index (χ3v) is 2.17. The van der Waals surface area contributed by atoms with Crippen LogP contribution in [0.5, 0.6) is 0 Å². The number of rotatable bonds is 6. The van der Waals surface area contributed by atoms with Gasteiger partial charge in [0.05, 0.1) is 6.61 Å². The van der Waals surface area contributed by atoms with Crippen LogP contribution in [-0.2, 0) is 34.3 Å². The summed E-state index contributed by atoms with van der Waals surface area (Å²) in [5.74, 6) is 0. The van der Waals surface area contributed by atoms with E-state index in [4.69, 9.17) is 8.74 Å². The SMILES string of the molecule is O.[CH2-]CCCCCOS(O)(=S)=S.[Na+]. The Labute approximate surface area is 112 Å². The van der Waals surface area contributed by atoms with Crippen LogP contribution < -0.4 is 29.6 Å². The molecule has 0 heterocycles. The fourth-order valence-corrected chi connectivity index (χ4v) is 1.36. The molecule has 0 aromatic rings. The van der Waals surface area contributed by atoms with Gasteiger partial charge in [-0.2, -0.15) is 6.42 Å². The van der Waals surface area contributed by atoms with E-state index in [1.807, 2.05) is 0 Å². The monoisotopic (exact) mass is 254 g/mol. The van der Waals surface area contributed by atoms with E-state index in [0.29, 0.717) is 6.61 Å². The zero-order valence-corrected chi connectivity index (χ0v) is 12.3. The third-order valence-electron chi connectivity index (χ3n) is 1.13. The van der Waals surface area contributed by atoms with Crippen molar-refractivity contribution >= 4 is 30.1 Å². The molecule has 0 aromatic heterocycles. The van der Waals surface area contributed by atoms with Crippen molar-refractivity contribution in [2.45, 2.75) is 25.7 Å². The van der Waals surface area contributed by atoms with E-state index >= 15 is 0 Å². The second-order valence-corrected chi connectivity index (χ2v) is 6.60. The zero-order valence-electron chi connectivity index (χ0n) is 7.82. The second-order valence-electron chi connectivity index (χ2n) is 2.16. The molecule has 0 atom stereocenters. The summed E-state index contributed by atoms with van der Waals surface area (Å²) in [7, 11) is -2.56. The molecule has 0 aromatic carbocycles. The molecule has 13 heavy (non-hydrogen) atoms. The first kappa shape index (κ1) is 20.1. The van der Waals surface area contributed by atoms with E-state index in [1.54, 1.807) is 0 Å².